The number of anilines is 1. The molecule has 2 aromatic rings. The number of hydrogen-bond acceptors (Lipinski definition) is 5. The van der Waals surface area contributed by atoms with Crippen molar-refractivity contribution in [1.29, 1.82) is 0 Å². The monoisotopic (exact) mass is 261 g/mol. The number of benzene rings is 1. The molecule has 0 aliphatic rings. The SMILES string of the molecule is COc1ccc(NC(C)c2nc(C(C)C)no2)cc1. The van der Waals surface area contributed by atoms with Crippen molar-refractivity contribution in [2.75, 3.05) is 12.4 Å². The highest BCUT2D eigenvalue weighted by Gasteiger charge is 2.15. The summed E-state index contributed by atoms with van der Waals surface area (Å²) in [5.41, 5.74) is 0.984. The predicted octanol–water partition coefficient (Wildman–Crippen LogP) is 3.37. The van der Waals surface area contributed by atoms with Crippen LogP contribution in [0.15, 0.2) is 28.8 Å². The normalized spacial score (nSPS) is 12.5. The highest BCUT2D eigenvalue weighted by Crippen LogP contribution is 2.21. The van der Waals surface area contributed by atoms with E-state index in [2.05, 4.69) is 15.5 Å². The van der Waals surface area contributed by atoms with Crippen LogP contribution in [0.25, 0.3) is 0 Å². The van der Waals surface area contributed by atoms with Crippen LogP contribution in [0.5, 0.6) is 5.75 Å². The second-order valence-corrected chi connectivity index (χ2v) is 4.74. The first-order valence-corrected chi connectivity index (χ1v) is 6.34. The summed E-state index contributed by atoms with van der Waals surface area (Å²) in [6, 6.07) is 7.68. The second kappa shape index (κ2) is 5.73. The van der Waals surface area contributed by atoms with Crippen LogP contribution in [0.2, 0.25) is 0 Å². The number of rotatable bonds is 5. The lowest BCUT2D eigenvalue weighted by atomic mass is 10.2. The van der Waals surface area contributed by atoms with Gasteiger partial charge in [-0.25, -0.2) is 0 Å². The van der Waals surface area contributed by atoms with E-state index in [9.17, 15) is 0 Å². The van der Waals surface area contributed by atoms with Gasteiger partial charge in [0, 0.05) is 11.6 Å². The van der Waals surface area contributed by atoms with Crippen molar-refractivity contribution >= 4 is 5.69 Å². The summed E-state index contributed by atoms with van der Waals surface area (Å²) in [6.45, 7) is 6.06. The number of methoxy groups -OCH3 is 1. The molecular weight excluding hydrogens is 242 g/mol. The van der Waals surface area contributed by atoms with Gasteiger partial charge >= 0.3 is 0 Å². The Balaban J connectivity index is 2.04. The molecule has 0 radical (unpaired) electrons. The van der Waals surface area contributed by atoms with Gasteiger partial charge in [0.1, 0.15) is 11.8 Å². The molecule has 0 amide bonds. The number of nitrogens with one attached hydrogen (secondary N) is 1. The Kier molecular flexibility index (Phi) is 4.04. The summed E-state index contributed by atoms with van der Waals surface area (Å²) in [5.74, 6) is 2.43. The average molecular weight is 261 g/mol. The van der Waals surface area contributed by atoms with Crippen LogP contribution in [0.3, 0.4) is 0 Å². The van der Waals surface area contributed by atoms with Crippen molar-refractivity contribution < 1.29 is 9.26 Å². The quantitative estimate of drug-likeness (QED) is 0.894. The van der Waals surface area contributed by atoms with Gasteiger partial charge in [0.2, 0.25) is 5.89 Å². The third-order valence-electron chi connectivity index (χ3n) is 2.82. The van der Waals surface area contributed by atoms with Gasteiger partial charge in [0.05, 0.1) is 7.11 Å². The van der Waals surface area contributed by atoms with E-state index in [1.165, 1.54) is 0 Å². The Morgan fingerprint density at radius 3 is 2.37 bits per heavy atom. The Morgan fingerprint density at radius 2 is 1.84 bits per heavy atom. The summed E-state index contributed by atoms with van der Waals surface area (Å²) in [7, 11) is 1.65. The van der Waals surface area contributed by atoms with Crippen LogP contribution in [0.4, 0.5) is 5.69 Å². The minimum absolute atomic E-state index is 0.0339. The minimum atomic E-state index is -0.0339. The molecule has 5 nitrogen and oxygen atoms in total. The molecule has 1 N–H and O–H groups in total. The van der Waals surface area contributed by atoms with Gasteiger partial charge in [0.25, 0.3) is 0 Å². The van der Waals surface area contributed by atoms with E-state index in [0.29, 0.717) is 5.89 Å². The zero-order valence-electron chi connectivity index (χ0n) is 11.7. The maximum atomic E-state index is 5.26. The average Bonchev–Trinajstić information content (AvgIpc) is 2.89. The van der Waals surface area contributed by atoms with Gasteiger partial charge in [-0.1, -0.05) is 19.0 Å². The molecule has 5 heteroatoms. The van der Waals surface area contributed by atoms with Gasteiger partial charge in [-0.3, -0.25) is 0 Å². The Hall–Kier alpha value is -2.04. The lowest BCUT2D eigenvalue weighted by molar-refractivity contribution is 0.361. The zero-order valence-corrected chi connectivity index (χ0v) is 11.7. The van der Waals surface area contributed by atoms with E-state index >= 15 is 0 Å². The third-order valence-corrected chi connectivity index (χ3v) is 2.82. The predicted molar refractivity (Wildman–Crippen MR) is 73.4 cm³/mol. The topological polar surface area (TPSA) is 60.2 Å². The lowest BCUT2D eigenvalue weighted by Gasteiger charge is -2.11. The van der Waals surface area contributed by atoms with E-state index < -0.39 is 0 Å². The minimum Gasteiger partial charge on any atom is -0.497 e. The van der Waals surface area contributed by atoms with E-state index in [4.69, 9.17) is 9.26 Å². The maximum Gasteiger partial charge on any atom is 0.248 e. The van der Waals surface area contributed by atoms with Crippen LogP contribution in [-0.4, -0.2) is 17.3 Å². The number of ether oxygens (including phenoxy) is 1. The molecule has 0 saturated heterocycles. The molecule has 1 unspecified atom stereocenters. The molecule has 1 aromatic carbocycles. The Labute approximate surface area is 113 Å². The van der Waals surface area contributed by atoms with Crippen molar-refractivity contribution in [2.45, 2.75) is 32.7 Å². The summed E-state index contributed by atoms with van der Waals surface area (Å²) in [4.78, 5) is 4.37. The second-order valence-electron chi connectivity index (χ2n) is 4.74. The van der Waals surface area contributed by atoms with Gasteiger partial charge in [-0.05, 0) is 31.2 Å². The van der Waals surface area contributed by atoms with Gasteiger partial charge in [-0.15, -0.1) is 0 Å². The van der Waals surface area contributed by atoms with E-state index in [0.717, 1.165) is 17.3 Å². The molecule has 1 aromatic heterocycles. The molecule has 102 valence electrons. The van der Waals surface area contributed by atoms with Crippen LogP contribution >= 0.6 is 0 Å². The largest absolute Gasteiger partial charge is 0.497 e. The Morgan fingerprint density at radius 1 is 1.16 bits per heavy atom. The number of hydrogen-bond donors (Lipinski definition) is 1. The highest BCUT2D eigenvalue weighted by atomic mass is 16.5. The number of aromatic nitrogens is 2. The maximum absolute atomic E-state index is 5.26. The highest BCUT2D eigenvalue weighted by molar-refractivity contribution is 5.47. The first-order chi connectivity index (χ1) is 9.10. The van der Waals surface area contributed by atoms with Crippen LogP contribution < -0.4 is 10.1 Å². The van der Waals surface area contributed by atoms with Crippen molar-refractivity contribution in [3.8, 4) is 5.75 Å². The summed E-state index contributed by atoms with van der Waals surface area (Å²) in [6.07, 6.45) is 0. The van der Waals surface area contributed by atoms with E-state index in [1.54, 1.807) is 7.11 Å². The van der Waals surface area contributed by atoms with Crippen molar-refractivity contribution in [2.24, 2.45) is 0 Å². The summed E-state index contributed by atoms with van der Waals surface area (Å²) in [5, 5.41) is 7.27. The fourth-order valence-electron chi connectivity index (χ4n) is 1.66. The molecule has 1 atom stereocenters. The molecule has 0 fully saturated rings. The molecule has 0 spiro atoms. The number of nitrogens with zero attached hydrogens (tertiary/aromatic N) is 2. The first kappa shape index (κ1) is 13.4. The van der Waals surface area contributed by atoms with E-state index in [1.807, 2.05) is 45.0 Å². The molecule has 0 saturated carbocycles. The van der Waals surface area contributed by atoms with Crippen molar-refractivity contribution in [3.63, 3.8) is 0 Å². The van der Waals surface area contributed by atoms with E-state index in [-0.39, 0.29) is 12.0 Å². The fraction of sp³-hybridized carbons (Fsp3) is 0.429. The molecule has 2 rings (SSSR count). The fourth-order valence-corrected chi connectivity index (χ4v) is 1.66. The molecule has 1 heterocycles. The molecule has 0 bridgehead atoms. The van der Waals surface area contributed by atoms with Crippen LogP contribution in [0, 0.1) is 0 Å². The van der Waals surface area contributed by atoms with Crippen LogP contribution in [-0.2, 0) is 0 Å². The third kappa shape index (κ3) is 3.24. The molecule has 19 heavy (non-hydrogen) atoms. The molecule has 0 aliphatic heterocycles. The van der Waals surface area contributed by atoms with Gasteiger partial charge < -0.3 is 14.6 Å². The molecular formula is C14H19N3O2. The smallest absolute Gasteiger partial charge is 0.248 e. The van der Waals surface area contributed by atoms with Gasteiger partial charge in [-0.2, -0.15) is 4.98 Å². The first-order valence-electron chi connectivity index (χ1n) is 6.34. The summed E-state index contributed by atoms with van der Waals surface area (Å²) >= 11 is 0. The Bertz CT molecular complexity index is 520. The lowest BCUT2D eigenvalue weighted by Crippen LogP contribution is -2.07. The van der Waals surface area contributed by atoms with Crippen LogP contribution in [0.1, 0.15) is 44.4 Å². The summed E-state index contributed by atoms with van der Waals surface area (Å²) < 4.78 is 10.4. The van der Waals surface area contributed by atoms with Gasteiger partial charge in [0.15, 0.2) is 5.82 Å². The van der Waals surface area contributed by atoms with Crippen molar-refractivity contribution in [3.05, 3.63) is 36.0 Å². The van der Waals surface area contributed by atoms with Crippen molar-refractivity contribution in [1.82, 2.24) is 10.1 Å². The molecule has 0 aliphatic carbocycles. The zero-order chi connectivity index (χ0) is 13.8. The standard InChI is InChI=1S/C14H19N3O2/c1-9(2)13-16-14(19-17-13)10(3)15-11-5-7-12(18-4)8-6-11/h5-10,15H,1-4H3.